The minimum atomic E-state index is -0.479. The Morgan fingerprint density at radius 3 is 2.00 bits per heavy atom. The minimum absolute atomic E-state index is 0.0694. The Hall–Kier alpha value is -0.850. The zero-order chi connectivity index (χ0) is 16.0. The van der Waals surface area contributed by atoms with Crippen LogP contribution >= 0.6 is 0 Å². The smallest absolute Gasteiger partial charge is 0.407 e. The summed E-state index contributed by atoms with van der Waals surface area (Å²) >= 11 is 0. The molecule has 2 aliphatic rings. The molecule has 6 nitrogen and oxygen atoms in total. The van der Waals surface area contributed by atoms with E-state index in [4.69, 9.17) is 15.6 Å². The zero-order valence-corrected chi connectivity index (χ0v) is 13.3. The Morgan fingerprint density at radius 1 is 1.10 bits per heavy atom. The van der Waals surface area contributed by atoms with Crippen molar-refractivity contribution in [3.8, 4) is 0 Å². The summed E-state index contributed by atoms with van der Waals surface area (Å²) in [5, 5.41) is 21.0. The van der Waals surface area contributed by atoms with Crippen LogP contribution in [0.4, 0.5) is 4.79 Å². The van der Waals surface area contributed by atoms with E-state index in [9.17, 15) is 9.90 Å². The van der Waals surface area contributed by atoms with E-state index >= 15 is 0 Å². The van der Waals surface area contributed by atoms with Crippen LogP contribution in [0.1, 0.15) is 59.3 Å². The number of aliphatic hydroxyl groups excluding tert-OH is 2. The standard InChI is InChI=1S/C10H19NO3.C5H11NO/c1-10(2,3)14-9(13)11-7-5-4-6-8(7)12;6-4-2-1-3-5(4)7/h7-8,12H,4-6H2,1-3H3,(H,11,13);4-5,7H,1-3,6H2/t7-,8-;4-,5?/m00/s1. The minimum Gasteiger partial charge on any atom is -0.444 e. The number of carbonyl (C=O) groups is 1. The number of nitrogens with one attached hydrogen (secondary N) is 1. The van der Waals surface area contributed by atoms with Gasteiger partial charge in [-0.25, -0.2) is 4.79 Å². The van der Waals surface area contributed by atoms with E-state index in [0.717, 1.165) is 38.5 Å². The number of ether oxygens (including phenoxy) is 1. The number of hydrogen-bond acceptors (Lipinski definition) is 5. The van der Waals surface area contributed by atoms with Crippen LogP contribution in [0.5, 0.6) is 0 Å². The van der Waals surface area contributed by atoms with E-state index in [1.54, 1.807) is 0 Å². The highest BCUT2D eigenvalue weighted by atomic mass is 16.6. The maximum Gasteiger partial charge on any atom is 0.407 e. The molecule has 0 heterocycles. The van der Waals surface area contributed by atoms with Gasteiger partial charge in [0.05, 0.1) is 18.2 Å². The summed E-state index contributed by atoms with van der Waals surface area (Å²) in [7, 11) is 0. The van der Waals surface area contributed by atoms with Crippen molar-refractivity contribution in [1.29, 1.82) is 0 Å². The van der Waals surface area contributed by atoms with E-state index in [-0.39, 0.29) is 18.2 Å². The van der Waals surface area contributed by atoms with Crippen LogP contribution in [0.2, 0.25) is 0 Å². The first-order chi connectivity index (χ1) is 9.69. The Morgan fingerprint density at radius 2 is 1.67 bits per heavy atom. The average molecular weight is 302 g/mol. The Kier molecular flexibility index (Phi) is 6.90. The van der Waals surface area contributed by atoms with Crippen molar-refractivity contribution in [2.75, 3.05) is 0 Å². The zero-order valence-electron chi connectivity index (χ0n) is 13.3. The Balaban J connectivity index is 0.000000262. The molecule has 0 radical (unpaired) electrons. The lowest BCUT2D eigenvalue weighted by molar-refractivity contribution is 0.0450. The number of rotatable bonds is 1. The monoisotopic (exact) mass is 302 g/mol. The van der Waals surface area contributed by atoms with E-state index in [1.807, 2.05) is 20.8 Å². The molecule has 0 bridgehead atoms. The number of aliphatic hydroxyl groups is 2. The van der Waals surface area contributed by atoms with Gasteiger partial charge in [-0.3, -0.25) is 0 Å². The van der Waals surface area contributed by atoms with Crippen molar-refractivity contribution in [3.05, 3.63) is 0 Å². The summed E-state index contributed by atoms with van der Waals surface area (Å²) in [6.45, 7) is 5.45. The highest BCUT2D eigenvalue weighted by molar-refractivity contribution is 5.68. The van der Waals surface area contributed by atoms with Crippen LogP contribution in [0.25, 0.3) is 0 Å². The molecule has 2 saturated carbocycles. The number of amides is 1. The van der Waals surface area contributed by atoms with E-state index in [1.165, 1.54) is 0 Å². The molecule has 0 spiro atoms. The number of alkyl carbamates (subject to hydrolysis) is 1. The molecule has 0 aromatic heterocycles. The first-order valence-electron chi connectivity index (χ1n) is 7.80. The lowest BCUT2D eigenvalue weighted by Crippen LogP contribution is -2.42. The summed E-state index contributed by atoms with van der Waals surface area (Å²) in [5.41, 5.74) is 4.95. The van der Waals surface area contributed by atoms with Gasteiger partial charge in [0.2, 0.25) is 0 Å². The van der Waals surface area contributed by atoms with Crippen LogP contribution in [-0.4, -0.2) is 46.2 Å². The molecule has 2 fully saturated rings. The predicted octanol–water partition coefficient (Wildman–Crippen LogP) is 1.28. The highest BCUT2D eigenvalue weighted by Gasteiger charge is 2.28. The average Bonchev–Trinajstić information content (AvgIpc) is 2.88. The van der Waals surface area contributed by atoms with Crippen LogP contribution < -0.4 is 11.1 Å². The molecule has 6 heteroatoms. The fraction of sp³-hybridized carbons (Fsp3) is 0.933. The Bertz CT molecular complexity index is 322. The van der Waals surface area contributed by atoms with Gasteiger partial charge in [0, 0.05) is 6.04 Å². The first kappa shape index (κ1) is 18.2. The summed E-state index contributed by atoms with van der Waals surface area (Å²) < 4.78 is 5.09. The van der Waals surface area contributed by atoms with Gasteiger partial charge in [-0.15, -0.1) is 0 Å². The first-order valence-corrected chi connectivity index (χ1v) is 7.80. The third-order valence-corrected chi connectivity index (χ3v) is 3.71. The maximum atomic E-state index is 11.3. The molecule has 5 N–H and O–H groups in total. The van der Waals surface area contributed by atoms with E-state index < -0.39 is 17.8 Å². The molecule has 1 amide bonds. The quantitative estimate of drug-likeness (QED) is 0.584. The topological polar surface area (TPSA) is 105 Å². The molecule has 0 saturated heterocycles. The van der Waals surface area contributed by atoms with Crippen molar-refractivity contribution in [2.24, 2.45) is 5.73 Å². The van der Waals surface area contributed by atoms with Crippen LogP contribution in [0.3, 0.4) is 0 Å². The third-order valence-electron chi connectivity index (χ3n) is 3.71. The van der Waals surface area contributed by atoms with Crippen molar-refractivity contribution < 1.29 is 19.7 Å². The van der Waals surface area contributed by atoms with Crippen molar-refractivity contribution in [2.45, 2.75) is 89.2 Å². The molecular weight excluding hydrogens is 272 g/mol. The van der Waals surface area contributed by atoms with Gasteiger partial charge < -0.3 is 26.0 Å². The van der Waals surface area contributed by atoms with Crippen molar-refractivity contribution in [1.82, 2.24) is 5.32 Å². The fourth-order valence-electron chi connectivity index (χ4n) is 2.54. The van der Waals surface area contributed by atoms with E-state index in [0.29, 0.717) is 0 Å². The van der Waals surface area contributed by atoms with Crippen LogP contribution in [-0.2, 0) is 4.74 Å². The lowest BCUT2D eigenvalue weighted by Gasteiger charge is -2.22. The second kappa shape index (κ2) is 7.96. The largest absolute Gasteiger partial charge is 0.444 e. The summed E-state index contributed by atoms with van der Waals surface area (Å²) in [6, 6.07) is -0.0650. The number of hydrogen-bond donors (Lipinski definition) is 4. The molecule has 0 aromatic rings. The van der Waals surface area contributed by atoms with E-state index in [2.05, 4.69) is 5.32 Å². The summed E-state index contributed by atoms with van der Waals surface area (Å²) in [6.07, 6.45) is 4.50. The highest BCUT2D eigenvalue weighted by Crippen LogP contribution is 2.19. The SMILES string of the molecule is CC(C)(C)OC(=O)N[C@H]1CCC[C@@H]1O.N[C@H]1CCCC1O. The molecule has 21 heavy (non-hydrogen) atoms. The Labute approximate surface area is 127 Å². The van der Waals surface area contributed by atoms with Crippen LogP contribution in [0.15, 0.2) is 0 Å². The molecular formula is C15H30N2O4. The van der Waals surface area contributed by atoms with Gasteiger partial charge >= 0.3 is 6.09 Å². The van der Waals surface area contributed by atoms with Gasteiger partial charge in [-0.05, 0) is 59.3 Å². The number of carbonyl (C=O) groups excluding carboxylic acids is 1. The van der Waals surface area contributed by atoms with Crippen molar-refractivity contribution >= 4 is 6.09 Å². The second-order valence-corrected chi connectivity index (χ2v) is 6.91. The lowest BCUT2D eigenvalue weighted by atomic mass is 10.2. The normalized spacial score (nSPS) is 32.3. The molecule has 1 unspecified atom stereocenters. The van der Waals surface area contributed by atoms with Gasteiger partial charge in [0.15, 0.2) is 0 Å². The summed E-state index contributed by atoms with van der Waals surface area (Å²) in [4.78, 5) is 11.3. The molecule has 2 rings (SSSR count). The van der Waals surface area contributed by atoms with Crippen LogP contribution in [0, 0.1) is 0 Å². The number of nitrogens with two attached hydrogens (primary N) is 1. The molecule has 0 aliphatic heterocycles. The van der Waals surface area contributed by atoms with Crippen molar-refractivity contribution in [3.63, 3.8) is 0 Å². The summed E-state index contributed by atoms with van der Waals surface area (Å²) in [5.74, 6) is 0. The van der Waals surface area contributed by atoms with Gasteiger partial charge in [0.25, 0.3) is 0 Å². The fourth-order valence-corrected chi connectivity index (χ4v) is 2.54. The van der Waals surface area contributed by atoms with Gasteiger partial charge in [-0.1, -0.05) is 0 Å². The molecule has 2 aliphatic carbocycles. The molecule has 4 atom stereocenters. The van der Waals surface area contributed by atoms with Gasteiger partial charge in [-0.2, -0.15) is 0 Å². The predicted molar refractivity (Wildman–Crippen MR) is 80.8 cm³/mol. The van der Waals surface area contributed by atoms with Gasteiger partial charge in [0.1, 0.15) is 5.60 Å². The maximum absolute atomic E-state index is 11.3. The molecule has 0 aromatic carbocycles. The molecule has 124 valence electrons. The third kappa shape index (κ3) is 7.11. The second-order valence-electron chi connectivity index (χ2n) is 6.91.